The van der Waals surface area contributed by atoms with Gasteiger partial charge in [-0.25, -0.2) is 4.98 Å². The number of pyridine rings is 1. The number of ether oxygens (including phenoxy) is 2. The summed E-state index contributed by atoms with van der Waals surface area (Å²) in [6.07, 6.45) is 3.35. The van der Waals surface area contributed by atoms with Gasteiger partial charge in [-0.15, -0.1) is 41.3 Å². The first kappa shape index (κ1) is 36.2. The normalized spacial score (nSPS) is 14.6. The molecule has 0 aliphatic carbocycles. The van der Waals surface area contributed by atoms with Crippen LogP contribution in [0.25, 0.3) is 72.4 Å². The minimum absolute atomic E-state index is 0. The smallest absolute Gasteiger partial charge is 0.184 e. The van der Waals surface area contributed by atoms with Crippen molar-refractivity contribution in [3.63, 3.8) is 0 Å². The number of fused-ring (bicyclic) bond motifs is 4. The molecule has 0 saturated heterocycles. The van der Waals surface area contributed by atoms with Gasteiger partial charge in [-0.1, -0.05) is 154 Å². The standard InChI is InChI=1S/C58H45N4O2.Pt/c1-38-31-54(59-35-50(38)41-21-13-8-14-22-41)62-51-30-27-43(58(2,3)4)33-49(51)48-29-28-45(34-52(48)62)64-44-24-15-23-42(32-44)53-36-63-57-56(60(5)37-61(53)57)55-46(39-17-9-6-10-18-39)25-16-26-47(55)40-19-11-7-12-20-40;/h6-31,33,35-37H,1-5H3;/q-3;/i8D,13D,14D,21D,22D;. The van der Waals surface area contributed by atoms with Gasteiger partial charge < -0.3 is 23.8 Å². The van der Waals surface area contributed by atoms with Gasteiger partial charge in [0.05, 0.1) is 18.8 Å². The summed E-state index contributed by atoms with van der Waals surface area (Å²) >= 11 is 0. The van der Waals surface area contributed by atoms with Crippen LogP contribution in [-0.2, 0) is 31.2 Å². The third-order valence-electron chi connectivity index (χ3n) is 11.9. The Labute approximate surface area is 402 Å². The monoisotopic (exact) mass is 1030 g/mol. The molecule has 0 radical (unpaired) electrons. The first-order valence-electron chi connectivity index (χ1n) is 23.7. The maximum absolute atomic E-state index is 8.63. The third-order valence-corrected chi connectivity index (χ3v) is 11.9. The van der Waals surface area contributed by atoms with E-state index in [-0.39, 0.29) is 56.2 Å². The van der Waals surface area contributed by atoms with Crippen molar-refractivity contribution in [3.05, 3.63) is 223 Å². The van der Waals surface area contributed by atoms with Crippen molar-refractivity contribution < 1.29 is 37.4 Å². The second-order valence-corrected chi connectivity index (χ2v) is 17.1. The molecule has 322 valence electrons. The molecule has 7 heteroatoms. The first-order valence-corrected chi connectivity index (χ1v) is 21.2. The summed E-state index contributed by atoms with van der Waals surface area (Å²) in [7, 11) is 2.04. The topological polar surface area (TPSA) is 42.8 Å². The fourth-order valence-corrected chi connectivity index (χ4v) is 8.78. The first-order chi connectivity index (χ1) is 33.3. The van der Waals surface area contributed by atoms with Crippen LogP contribution in [0.1, 0.15) is 49.9 Å². The zero-order chi connectivity index (χ0) is 47.9. The van der Waals surface area contributed by atoms with Crippen LogP contribution in [0, 0.1) is 25.7 Å². The van der Waals surface area contributed by atoms with Crippen molar-refractivity contribution in [2.45, 2.75) is 33.1 Å². The third kappa shape index (κ3) is 7.52. The summed E-state index contributed by atoms with van der Waals surface area (Å²) in [4.78, 5) is 9.06. The van der Waals surface area contributed by atoms with Crippen molar-refractivity contribution >= 4 is 33.2 Å². The molecule has 0 saturated carbocycles. The second kappa shape index (κ2) is 16.8. The van der Waals surface area contributed by atoms with E-state index < -0.39 is 6.04 Å². The van der Waals surface area contributed by atoms with Crippen LogP contribution in [0.15, 0.2) is 182 Å². The summed E-state index contributed by atoms with van der Waals surface area (Å²) in [5, 5.41) is 1.98. The van der Waals surface area contributed by atoms with Gasteiger partial charge >= 0.3 is 0 Å². The molecule has 7 aromatic carbocycles. The van der Waals surface area contributed by atoms with E-state index in [9.17, 15) is 0 Å². The van der Waals surface area contributed by atoms with E-state index in [1.54, 1.807) is 12.5 Å². The van der Waals surface area contributed by atoms with Crippen LogP contribution in [0.3, 0.4) is 0 Å². The molecule has 2 aliphatic heterocycles. The predicted molar refractivity (Wildman–Crippen MR) is 259 cm³/mol. The Bertz CT molecular complexity index is 3540. The maximum Gasteiger partial charge on any atom is 0.184 e. The van der Waals surface area contributed by atoms with Gasteiger partial charge in [0.25, 0.3) is 0 Å². The molecule has 0 unspecified atom stereocenters. The number of hydrogen-bond donors (Lipinski definition) is 0. The molecule has 65 heavy (non-hydrogen) atoms. The molecule has 11 rings (SSSR count). The van der Waals surface area contributed by atoms with E-state index in [4.69, 9.17) is 21.3 Å². The van der Waals surface area contributed by atoms with E-state index in [1.165, 1.54) is 5.56 Å². The summed E-state index contributed by atoms with van der Waals surface area (Å²) < 4.78 is 57.1. The molecule has 0 bridgehead atoms. The Morgan fingerprint density at radius 3 is 2.09 bits per heavy atom. The Balaban J connectivity index is 0.00000567. The Morgan fingerprint density at radius 2 is 1.40 bits per heavy atom. The van der Waals surface area contributed by atoms with Gasteiger partial charge in [0, 0.05) is 55.4 Å². The van der Waals surface area contributed by atoms with E-state index in [1.807, 2.05) is 73.7 Å². The Kier molecular flexibility index (Phi) is 9.34. The number of nitrogens with zero attached hydrogens (tertiary/aromatic N) is 4. The zero-order valence-electron chi connectivity index (χ0n) is 41.4. The van der Waals surface area contributed by atoms with E-state index >= 15 is 0 Å². The van der Waals surface area contributed by atoms with Gasteiger partial charge in [-0.2, -0.15) is 12.7 Å². The van der Waals surface area contributed by atoms with Gasteiger partial charge in [0.1, 0.15) is 5.82 Å². The zero-order valence-corrected chi connectivity index (χ0v) is 38.6. The van der Waals surface area contributed by atoms with Gasteiger partial charge in [-0.3, -0.25) is 0 Å². The molecule has 0 atom stereocenters. The fourth-order valence-electron chi connectivity index (χ4n) is 8.78. The van der Waals surface area contributed by atoms with E-state index in [2.05, 4.69) is 128 Å². The van der Waals surface area contributed by atoms with Crippen molar-refractivity contribution in [2.24, 2.45) is 0 Å². The summed E-state index contributed by atoms with van der Waals surface area (Å²) in [5.41, 5.74) is 12.0. The van der Waals surface area contributed by atoms with Gasteiger partial charge in [0.15, 0.2) is 5.88 Å². The molecule has 0 spiro atoms. The van der Waals surface area contributed by atoms with Crippen LogP contribution in [0.4, 0.5) is 0 Å². The van der Waals surface area contributed by atoms with Crippen LogP contribution in [0.2, 0.25) is 0 Å². The maximum atomic E-state index is 8.63. The molecule has 6 nitrogen and oxygen atoms in total. The van der Waals surface area contributed by atoms with Crippen LogP contribution in [0.5, 0.6) is 11.5 Å². The number of aromatic nitrogens is 2. The minimum atomic E-state index is -0.435. The molecule has 9 aromatic rings. The van der Waals surface area contributed by atoms with Crippen molar-refractivity contribution in [3.8, 4) is 50.7 Å². The molecular weight excluding hydrogens is 980 g/mol. The SMILES string of the molecule is [2H]c1c([2H])c([2H])c(-c2cnc(-n3c4[c-]c(Oc5[c-]c(C6=COC7=C(c8c(-c9ccccc9)cccc8-c8ccccc8)N(C)[CH-]N67)ccc5)ccc4c4cc(C(C)(C)C)ccc43)cc2C)c([2H])c1[2H].[Pt]. The second-order valence-electron chi connectivity index (χ2n) is 17.1. The summed E-state index contributed by atoms with van der Waals surface area (Å²) in [6, 6.07) is 50.7. The molecule has 4 heterocycles. The van der Waals surface area contributed by atoms with Crippen LogP contribution in [-0.4, -0.2) is 26.4 Å². The van der Waals surface area contributed by atoms with Gasteiger partial charge in [-0.05, 0) is 81.5 Å². The Hall–Kier alpha value is -7.14. The van der Waals surface area contributed by atoms with Crippen molar-refractivity contribution in [1.29, 1.82) is 0 Å². The molecule has 2 aliphatic rings. The number of hydrogen-bond acceptors (Lipinski definition) is 5. The largest absolute Gasteiger partial charge is 0.503 e. The molecule has 0 amide bonds. The average molecular weight is 1030 g/mol. The van der Waals surface area contributed by atoms with E-state index in [0.29, 0.717) is 34.3 Å². The summed E-state index contributed by atoms with van der Waals surface area (Å²) in [5.74, 6) is 2.24. The van der Waals surface area contributed by atoms with Gasteiger partial charge in [0.2, 0.25) is 0 Å². The van der Waals surface area contributed by atoms with Crippen LogP contribution < -0.4 is 4.74 Å². The molecular formula is C58H45N4O2Pt-3. The Morgan fingerprint density at radius 1 is 0.708 bits per heavy atom. The number of rotatable bonds is 8. The average Bonchev–Trinajstić information content (AvgIpc) is 4.02. The molecule has 0 N–H and O–H groups in total. The predicted octanol–water partition coefficient (Wildman–Crippen LogP) is 14.2. The van der Waals surface area contributed by atoms with E-state index in [0.717, 1.165) is 66.6 Å². The number of aryl methyl sites for hydroxylation is 1. The molecule has 2 aromatic heterocycles. The fraction of sp³-hybridized carbons (Fsp3) is 0.103. The summed E-state index contributed by atoms with van der Waals surface area (Å²) in [6.45, 7) is 10.5. The van der Waals surface area contributed by atoms with Crippen molar-refractivity contribution in [2.75, 3.05) is 7.05 Å². The van der Waals surface area contributed by atoms with Crippen LogP contribution >= 0.6 is 0 Å². The quantitative estimate of drug-likeness (QED) is 0.142. The minimum Gasteiger partial charge on any atom is -0.503 e. The van der Waals surface area contributed by atoms with Crippen molar-refractivity contribution in [1.82, 2.24) is 19.4 Å². The number of benzene rings is 7. The molecule has 0 fully saturated rings.